The molecule has 0 radical (unpaired) electrons. The van der Waals surface area contributed by atoms with E-state index >= 15 is 0 Å². The Balaban J connectivity index is 1.90. The van der Waals surface area contributed by atoms with Crippen molar-refractivity contribution >= 4 is 17.6 Å². The third-order valence-electron chi connectivity index (χ3n) is 3.05. The first-order chi connectivity index (χ1) is 10.7. The molecule has 6 heteroatoms. The van der Waals surface area contributed by atoms with E-state index in [0.29, 0.717) is 36.1 Å². The van der Waals surface area contributed by atoms with Gasteiger partial charge in [0.1, 0.15) is 18.1 Å². The standard InChI is InChI=1S/C16H19ClFN3O/c1-2-19-16(21-11-12-5-4-10-22-12)20-9-8-13-14(17)6-3-7-15(13)18/h3-7,10H,2,8-9,11H2,1H3,(H2,19,20,21). The summed E-state index contributed by atoms with van der Waals surface area (Å²) in [5.74, 6) is 1.16. The average Bonchev–Trinajstić information content (AvgIpc) is 3.01. The third kappa shape index (κ3) is 4.77. The fraction of sp³-hybridized carbons (Fsp3) is 0.312. The highest BCUT2D eigenvalue weighted by Gasteiger charge is 2.07. The molecule has 4 nitrogen and oxygen atoms in total. The molecule has 0 fully saturated rings. The summed E-state index contributed by atoms with van der Waals surface area (Å²) in [7, 11) is 0. The SMILES string of the molecule is CCNC(=NCc1ccco1)NCCc1c(F)cccc1Cl. The third-order valence-corrected chi connectivity index (χ3v) is 3.40. The molecule has 0 amide bonds. The summed E-state index contributed by atoms with van der Waals surface area (Å²) in [6.07, 6.45) is 2.10. The largest absolute Gasteiger partial charge is 0.467 e. The Hall–Kier alpha value is -2.01. The highest BCUT2D eigenvalue weighted by atomic mass is 35.5. The molecule has 1 aromatic heterocycles. The molecule has 22 heavy (non-hydrogen) atoms. The van der Waals surface area contributed by atoms with Crippen LogP contribution in [-0.4, -0.2) is 19.0 Å². The van der Waals surface area contributed by atoms with Gasteiger partial charge >= 0.3 is 0 Å². The van der Waals surface area contributed by atoms with Crippen LogP contribution < -0.4 is 10.6 Å². The Labute approximate surface area is 134 Å². The second kappa shape index (κ2) is 8.44. The summed E-state index contributed by atoms with van der Waals surface area (Å²) >= 11 is 6.01. The van der Waals surface area contributed by atoms with Crippen LogP contribution in [0.2, 0.25) is 5.02 Å². The van der Waals surface area contributed by atoms with Crippen molar-refractivity contribution in [2.24, 2.45) is 4.99 Å². The number of aliphatic imine (C=N–C) groups is 1. The summed E-state index contributed by atoms with van der Waals surface area (Å²) in [5.41, 5.74) is 0.513. The summed E-state index contributed by atoms with van der Waals surface area (Å²) in [5, 5.41) is 6.73. The molecule has 0 aliphatic carbocycles. The van der Waals surface area contributed by atoms with Gasteiger partial charge in [-0.3, -0.25) is 0 Å². The van der Waals surface area contributed by atoms with Crippen molar-refractivity contribution in [3.8, 4) is 0 Å². The maximum absolute atomic E-state index is 13.7. The van der Waals surface area contributed by atoms with Crippen LogP contribution in [0.1, 0.15) is 18.2 Å². The monoisotopic (exact) mass is 323 g/mol. The van der Waals surface area contributed by atoms with Gasteiger partial charge in [-0.2, -0.15) is 0 Å². The van der Waals surface area contributed by atoms with Crippen molar-refractivity contribution < 1.29 is 8.81 Å². The zero-order valence-electron chi connectivity index (χ0n) is 12.4. The van der Waals surface area contributed by atoms with E-state index in [-0.39, 0.29) is 5.82 Å². The van der Waals surface area contributed by atoms with E-state index in [0.717, 1.165) is 12.3 Å². The van der Waals surface area contributed by atoms with Gasteiger partial charge < -0.3 is 15.1 Å². The highest BCUT2D eigenvalue weighted by Crippen LogP contribution is 2.18. The minimum Gasteiger partial charge on any atom is -0.467 e. The van der Waals surface area contributed by atoms with Gasteiger partial charge in [-0.1, -0.05) is 17.7 Å². The second-order valence-electron chi connectivity index (χ2n) is 4.65. The van der Waals surface area contributed by atoms with Crippen LogP contribution in [0.4, 0.5) is 4.39 Å². The van der Waals surface area contributed by atoms with E-state index in [2.05, 4.69) is 15.6 Å². The summed E-state index contributed by atoms with van der Waals surface area (Å²) < 4.78 is 18.9. The van der Waals surface area contributed by atoms with Gasteiger partial charge in [-0.15, -0.1) is 0 Å². The first-order valence-electron chi connectivity index (χ1n) is 7.18. The maximum Gasteiger partial charge on any atom is 0.191 e. The van der Waals surface area contributed by atoms with Crippen molar-refractivity contribution in [3.05, 3.63) is 58.8 Å². The number of nitrogens with zero attached hydrogens (tertiary/aromatic N) is 1. The number of halogens is 2. The number of furan rings is 1. The molecule has 2 aromatic rings. The predicted molar refractivity (Wildman–Crippen MR) is 86.6 cm³/mol. The number of rotatable bonds is 6. The molecule has 0 aliphatic rings. The topological polar surface area (TPSA) is 49.6 Å². The van der Waals surface area contributed by atoms with Crippen LogP contribution in [0.25, 0.3) is 0 Å². The normalized spacial score (nSPS) is 11.5. The molecule has 2 rings (SSSR count). The first-order valence-corrected chi connectivity index (χ1v) is 7.56. The van der Waals surface area contributed by atoms with Gasteiger partial charge in [0.25, 0.3) is 0 Å². The average molecular weight is 324 g/mol. The maximum atomic E-state index is 13.7. The molecule has 0 atom stereocenters. The van der Waals surface area contributed by atoms with E-state index in [1.807, 2.05) is 19.1 Å². The van der Waals surface area contributed by atoms with Crippen molar-refractivity contribution in [1.82, 2.24) is 10.6 Å². The molecular weight excluding hydrogens is 305 g/mol. The van der Waals surface area contributed by atoms with Crippen LogP contribution >= 0.6 is 11.6 Å². The van der Waals surface area contributed by atoms with Gasteiger partial charge in [0.05, 0.1) is 6.26 Å². The van der Waals surface area contributed by atoms with Gasteiger partial charge in [0.2, 0.25) is 0 Å². The van der Waals surface area contributed by atoms with Crippen LogP contribution in [0.3, 0.4) is 0 Å². The zero-order chi connectivity index (χ0) is 15.8. The number of guanidine groups is 1. The molecule has 118 valence electrons. The lowest BCUT2D eigenvalue weighted by atomic mass is 10.1. The van der Waals surface area contributed by atoms with E-state index in [1.54, 1.807) is 18.4 Å². The summed E-state index contributed by atoms with van der Waals surface area (Å²) in [6.45, 7) is 3.70. The Kier molecular flexibility index (Phi) is 6.27. The van der Waals surface area contributed by atoms with E-state index in [9.17, 15) is 4.39 Å². The van der Waals surface area contributed by atoms with E-state index < -0.39 is 0 Å². The van der Waals surface area contributed by atoms with Crippen molar-refractivity contribution in [2.75, 3.05) is 13.1 Å². The van der Waals surface area contributed by atoms with Crippen molar-refractivity contribution in [2.45, 2.75) is 19.9 Å². The number of hydrogen-bond donors (Lipinski definition) is 2. The lowest BCUT2D eigenvalue weighted by Gasteiger charge is -2.12. The number of nitrogens with one attached hydrogen (secondary N) is 2. The van der Waals surface area contributed by atoms with Crippen molar-refractivity contribution in [1.29, 1.82) is 0 Å². The van der Waals surface area contributed by atoms with Gasteiger partial charge in [-0.05, 0) is 37.6 Å². The smallest absolute Gasteiger partial charge is 0.191 e. The minimum absolute atomic E-state index is 0.285. The van der Waals surface area contributed by atoms with Crippen molar-refractivity contribution in [3.63, 3.8) is 0 Å². The summed E-state index contributed by atoms with van der Waals surface area (Å²) in [4.78, 5) is 4.41. The molecule has 1 aromatic carbocycles. The minimum atomic E-state index is -0.285. The summed E-state index contributed by atoms with van der Waals surface area (Å²) in [6, 6.07) is 8.40. The fourth-order valence-corrected chi connectivity index (χ4v) is 2.24. The Bertz CT molecular complexity index is 594. The lowest BCUT2D eigenvalue weighted by Crippen LogP contribution is -2.38. The number of benzene rings is 1. The molecule has 0 bridgehead atoms. The molecule has 0 saturated carbocycles. The van der Waals surface area contributed by atoms with Gasteiger partial charge in [-0.25, -0.2) is 9.38 Å². The molecule has 0 saturated heterocycles. The second-order valence-corrected chi connectivity index (χ2v) is 5.06. The number of hydrogen-bond acceptors (Lipinski definition) is 2. The van der Waals surface area contributed by atoms with Gasteiger partial charge in [0.15, 0.2) is 5.96 Å². The lowest BCUT2D eigenvalue weighted by molar-refractivity contribution is 0.512. The van der Waals surface area contributed by atoms with Crippen LogP contribution in [0, 0.1) is 5.82 Å². The van der Waals surface area contributed by atoms with Crippen LogP contribution in [0.5, 0.6) is 0 Å². The molecule has 0 aliphatic heterocycles. The Morgan fingerprint density at radius 3 is 2.82 bits per heavy atom. The van der Waals surface area contributed by atoms with Gasteiger partial charge in [0, 0.05) is 23.7 Å². The highest BCUT2D eigenvalue weighted by molar-refractivity contribution is 6.31. The Morgan fingerprint density at radius 1 is 1.27 bits per heavy atom. The van der Waals surface area contributed by atoms with Crippen LogP contribution in [0.15, 0.2) is 46.0 Å². The fourth-order valence-electron chi connectivity index (χ4n) is 1.98. The van der Waals surface area contributed by atoms with E-state index in [1.165, 1.54) is 6.07 Å². The Morgan fingerprint density at radius 2 is 2.14 bits per heavy atom. The first kappa shape index (κ1) is 16.4. The molecular formula is C16H19ClFN3O. The molecule has 0 spiro atoms. The predicted octanol–water partition coefficient (Wildman–Crippen LogP) is 3.37. The van der Waals surface area contributed by atoms with Crippen LogP contribution in [-0.2, 0) is 13.0 Å². The zero-order valence-corrected chi connectivity index (χ0v) is 13.2. The molecule has 2 N–H and O–H groups in total. The molecule has 1 heterocycles. The molecule has 0 unspecified atom stereocenters. The van der Waals surface area contributed by atoms with E-state index in [4.69, 9.17) is 16.0 Å². The quantitative estimate of drug-likeness (QED) is 0.633.